The van der Waals surface area contributed by atoms with Crippen LogP contribution < -0.4 is 5.32 Å². The quantitative estimate of drug-likeness (QED) is 0.796. The molecule has 1 rings (SSSR count). The third-order valence-corrected chi connectivity index (χ3v) is 3.92. The van der Waals surface area contributed by atoms with Crippen molar-refractivity contribution in [3.63, 3.8) is 0 Å². The summed E-state index contributed by atoms with van der Waals surface area (Å²) < 4.78 is 5.31. The summed E-state index contributed by atoms with van der Waals surface area (Å²) in [6, 6.07) is 1.68. The Kier molecular flexibility index (Phi) is 7.02. The maximum atomic E-state index is 11.9. The summed E-state index contributed by atoms with van der Waals surface area (Å²) >= 11 is 1.43. The summed E-state index contributed by atoms with van der Waals surface area (Å²) in [6.07, 6.45) is -0.325. The molecule has 1 aromatic heterocycles. The van der Waals surface area contributed by atoms with Crippen LogP contribution in [0.5, 0.6) is 0 Å². The van der Waals surface area contributed by atoms with Crippen molar-refractivity contribution in [2.75, 3.05) is 20.1 Å². The maximum absolute atomic E-state index is 11.9. The minimum absolute atomic E-state index is 0.256. The highest BCUT2D eigenvalue weighted by Gasteiger charge is 2.20. The zero-order chi connectivity index (χ0) is 17.6. The van der Waals surface area contributed by atoms with Crippen LogP contribution in [0.1, 0.15) is 42.9 Å². The summed E-state index contributed by atoms with van der Waals surface area (Å²) in [5.41, 5.74) is -0.169. The number of ether oxygens (including phenoxy) is 1. The van der Waals surface area contributed by atoms with Gasteiger partial charge in [-0.15, -0.1) is 11.3 Å². The molecule has 0 fully saturated rings. The van der Waals surface area contributed by atoms with Crippen LogP contribution in [0, 0.1) is 5.92 Å². The Hall–Kier alpha value is -1.60. The van der Waals surface area contributed by atoms with E-state index < -0.39 is 11.6 Å². The maximum Gasteiger partial charge on any atom is 0.410 e. The number of aromatic carboxylic acids is 1. The Labute approximate surface area is 141 Å². The average Bonchev–Trinajstić information content (AvgIpc) is 2.85. The van der Waals surface area contributed by atoms with E-state index >= 15 is 0 Å². The molecule has 0 bridgehead atoms. The molecule has 1 aromatic rings. The Bertz CT molecular complexity index is 536. The standard InChI is InChI=1S/C16H26N2O4S/c1-11(9-18(5)15(21)22-16(2,3)4)7-17-8-13-6-12(10-23-13)14(19)20/h6,10-11,17H,7-9H2,1-5H3,(H,19,20). The molecule has 130 valence electrons. The highest BCUT2D eigenvalue weighted by molar-refractivity contribution is 7.10. The highest BCUT2D eigenvalue weighted by atomic mass is 32.1. The van der Waals surface area contributed by atoms with E-state index in [1.165, 1.54) is 11.3 Å². The summed E-state index contributed by atoms with van der Waals surface area (Å²) in [5.74, 6) is -0.647. The lowest BCUT2D eigenvalue weighted by Gasteiger charge is -2.26. The van der Waals surface area contributed by atoms with Crippen LogP contribution in [0.2, 0.25) is 0 Å². The van der Waals surface area contributed by atoms with E-state index in [-0.39, 0.29) is 12.0 Å². The van der Waals surface area contributed by atoms with Crippen molar-refractivity contribution >= 4 is 23.4 Å². The zero-order valence-corrected chi connectivity index (χ0v) is 15.2. The van der Waals surface area contributed by atoms with Gasteiger partial charge in [0, 0.05) is 30.4 Å². The first-order chi connectivity index (χ1) is 10.6. The van der Waals surface area contributed by atoms with E-state index in [2.05, 4.69) is 5.32 Å². The largest absolute Gasteiger partial charge is 0.478 e. The van der Waals surface area contributed by atoms with Crippen molar-refractivity contribution in [2.45, 2.75) is 39.8 Å². The summed E-state index contributed by atoms with van der Waals surface area (Å²) in [7, 11) is 1.73. The molecule has 0 aliphatic heterocycles. The number of nitrogens with zero attached hydrogens (tertiary/aromatic N) is 1. The number of rotatable bonds is 7. The second kappa shape index (κ2) is 8.31. The second-order valence-electron chi connectivity index (χ2n) is 6.70. The van der Waals surface area contributed by atoms with E-state index in [1.54, 1.807) is 23.4 Å². The minimum atomic E-state index is -0.903. The average molecular weight is 342 g/mol. The molecule has 0 spiro atoms. The van der Waals surface area contributed by atoms with Crippen molar-refractivity contribution < 1.29 is 19.4 Å². The number of hydrogen-bond donors (Lipinski definition) is 2. The number of nitrogens with one attached hydrogen (secondary N) is 1. The molecule has 7 heteroatoms. The molecule has 0 aliphatic carbocycles. The molecule has 1 heterocycles. The van der Waals surface area contributed by atoms with Crippen LogP contribution >= 0.6 is 11.3 Å². The number of carbonyl (C=O) groups is 2. The highest BCUT2D eigenvalue weighted by Crippen LogP contribution is 2.14. The Balaban J connectivity index is 2.31. The van der Waals surface area contributed by atoms with Crippen LogP contribution in [-0.2, 0) is 11.3 Å². The van der Waals surface area contributed by atoms with Gasteiger partial charge in [-0.2, -0.15) is 0 Å². The van der Waals surface area contributed by atoms with Gasteiger partial charge in [0.05, 0.1) is 5.56 Å². The molecular weight excluding hydrogens is 316 g/mol. The summed E-state index contributed by atoms with van der Waals surface area (Å²) in [6.45, 7) is 9.52. The monoisotopic (exact) mass is 342 g/mol. The Morgan fingerprint density at radius 2 is 2.09 bits per heavy atom. The lowest BCUT2D eigenvalue weighted by molar-refractivity contribution is 0.0276. The van der Waals surface area contributed by atoms with Gasteiger partial charge in [0.1, 0.15) is 5.60 Å². The minimum Gasteiger partial charge on any atom is -0.478 e. The Morgan fingerprint density at radius 3 is 2.61 bits per heavy atom. The molecule has 1 unspecified atom stereocenters. The first-order valence-electron chi connectivity index (χ1n) is 7.54. The fourth-order valence-corrected chi connectivity index (χ4v) is 2.80. The van der Waals surface area contributed by atoms with Crippen LogP contribution in [0.3, 0.4) is 0 Å². The number of carboxylic acid groups (broad SMARTS) is 1. The molecule has 0 saturated heterocycles. The number of thiophene rings is 1. The summed E-state index contributed by atoms with van der Waals surface area (Å²) in [5, 5.41) is 13.8. The molecular formula is C16H26N2O4S. The van der Waals surface area contributed by atoms with Gasteiger partial charge in [-0.3, -0.25) is 0 Å². The van der Waals surface area contributed by atoms with Gasteiger partial charge in [0.25, 0.3) is 0 Å². The third kappa shape index (κ3) is 7.47. The van der Waals surface area contributed by atoms with E-state index in [9.17, 15) is 9.59 Å². The lowest BCUT2D eigenvalue weighted by atomic mass is 10.1. The van der Waals surface area contributed by atoms with Crippen LogP contribution in [0.25, 0.3) is 0 Å². The van der Waals surface area contributed by atoms with Crippen molar-refractivity contribution in [2.24, 2.45) is 5.92 Å². The predicted octanol–water partition coefficient (Wildman–Crippen LogP) is 3.04. The fraction of sp³-hybridized carbons (Fsp3) is 0.625. The van der Waals surface area contributed by atoms with E-state index in [1.807, 2.05) is 27.7 Å². The Morgan fingerprint density at radius 1 is 1.43 bits per heavy atom. The molecule has 1 atom stereocenters. The van der Waals surface area contributed by atoms with E-state index in [0.717, 1.165) is 11.4 Å². The van der Waals surface area contributed by atoms with Gasteiger partial charge in [-0.1, -0.05) is 6.92 Å². The van der Waals surface area contributed by atoms with E-state index in [4.69, 9.17) is 9.84 Å². The first-order valence-corrected chi connectivity index (χ1v) is 8.42. The molecule has 2 N–H and O–H groups in total. The van der Waals surface area contributed by atoms with Crippen LogP contribution in [0.4, 0.5) is 4.79 Å². The normalized spacial score (nSPS) is 12.7. The lowest BCUT2D eigenvalue weighted by Crippen LogP contribution is -2.38. The summed E-state index contributed by atoms with van der Waals surface area (Å²) in [4.78, 5) is 25.3. The molecule has 0 saturated carbocycles. The molecule has 6 nitrogen and oxygen atoms in total. The van der Waals surface area contributed by atoms with Crippen molar-refractivity contribution in [3.8, 4) is 0 Å². The SMILES string of the molecule is CC(CNCc1cc(C(=O)O)cs1)CN(C)C(=O)OC(C)(C)C. The predicted molar refractivity (Wildman–Crippen MR) is 91.0 cm³/mol. The molecule has 1 amide bonds. The van der Waals surface area contributed by atoms with Gasteiger partial charge in [0.2, 0.25) is 0 Å². The van der Waals surface area contributed by atoms with Crippen LogP contribution in [0.15, 0.2) is 11.4 Å². The molecule has 0 aromatic carbocycles. The molecule has 0 radical (unpaired) electrons. The number of carboxylic acids is 1. The molecule has 0 aliphatic rings. The van der Waals surface area contributed by atoms with Gasteiger partial charge in [-0.25, -0.2) is 9.59 Å². The number of hydrogen-bond acceptors (Lipinski definition) is 5. The fourth-order valence-electron chi connectivity index (χ4n) is 1.97. The number of carbonyl (C=O) groups excluding carboxylic acids is 1. The van der Waals surface area contributed by atoms with Crippen molar-refractivity contribution in [1.29, 1.82) is 0 Å². The first kappa shape index (κ1) is 19.4. The van der Waals surface area contributed by atoms with Gasteiger partial charge in [0.15, 0.2) is 0 Å². The van der Waals surface area contributed by atoms with Gasteiger partial charge in [-0.05, 0) is 39.3 Å². The van der Waals surface area contributed by atoms with Crippen LogP contribution in [-0.4, -0.2) is 47.8 Å². The second-order valence-corrected chi connectivity index (χ2v) is 7.70. The zero-order valence-electron chi connectivity index (χ0n) is 14.4. The van der Waals surface area contributed by atoms with Crippen molar-refractivity contribution in [3.05, 3.63) is 21.9 Å². The molecule has 23 heavy (non-hydrogen) atoms. The smallest absolute Gasteiger partial charge is 0.410 e. The van der Waals surface area contributed by atoms with E-state index in [0.29, 0.717) is 18.7 Å². The van der Waals surface area contributed by atoms with Gasteiger partial charge < -0.3 is 20.1 Å². The van der Waals surface area contributed by atoms with Crippen molar-refractivity contribution in [1.82, 2.24) is 10.2 Å². The topological polar surface area (TPSA) is 78.9 Å². The third-order valence-electron chi connectivity index (χ3n) is 2.98. The number of amides is 1. The van der Waals surface area contributed by atoms with Gasteiger partial charge >= 0.3 is 12.1 Å².